The molecule has 0 radical (unpaired) electrons. The molecule has 1 heterocycles. The van der Waals surface area contributed by atoms with E-state index in [0.717, 1.165) is 24.0 Å². The molecule has 4 nitrogen and oxygen atoms in total. The summed E-state index contributed by atoms with van der Waals surface area (Å²) in [7, 11) is 0. The lowest BCUT2D eigenvalue weighted by atomic mass is 9.96. The quantitative estimate of drug-likeness (QED) is 0.281. The lowest BCUT2D eigenvalue weighted by Crippen LogP contribution is -2.30. The van der Waals surface area contributed by atoms with E-state index in [0.29, 0.717) is 12.5 Å². The molecule has 0 saturated heterocycles. The molecule has 0 aliphatic rings. The first-order chi connectivity index (χ1) is 17.3. The second-order valence-electron chi connectivity index (χ2n) is 9.92. The third-order valence-electron chi connectivity index (χ3n) is 6.52. The molecule has 0 unspecified atom stereocenters. The van der Waals surface area contributed by atoms with Crippen molar-refractivity contribution in [3.8, 4) is 0 Å². The largest absolute Gasteiger partial charge is 0.338 e. The Kier molecular flexibility index (Phi) is 12.2. The summed E-state index contributed by atoms with van der Waals surface area (Å²) in [6.45, 7) is 17.5. The van der Waals surface area contributed by atoms with Gasteiger partial charge in [-0.3, -0.25) is 4.98 Å². The van der Waals surface area contributed by atoms with Crippen LogP contribution in [-0.4, -0.2) is 17.6 Å². The van der Waals surface area contributed by atoms with Crippen LogP contribution in [0.25, 0.3) is 17.0 Å². The standard InChI is InChI=1S/C18H23N.C14H22N2O/c1-4-7-8-9-16-13-18-17(12-15(16)6-3)14(5-2)10-11-19-18;1-10(2)7-8-15-14(17)16-13-6-5-11(3)12(4)9-13/h5,10-13H,2,4,6-9H2,1,3H3;5-6,9-10H,7-8H2,1-4H3,(H2,15,16,17). The first-order valence-corrected chi connectivity index (χ1v) is 13.4. The van der Waals surface area contributed by atoms with Crippen molar-refractivity contribution < 1.29 is 4.79 Å². The van der Waals surface area contributed by atoms with Gasteiger partial charge in [0.15, 0.2) is 0 Å². The van der Waals surface area contributed by atoms with Gasteiger partial charge in [0, 0.05) is 23.8 Å². The average Bonchev–Trinajstić information content (AvgIpc) is 2.85. The van der Waals surface area contributed by atoms with Crippen LogP contribution in [0.1, 0.15) is 81.2 Å². The number of hydrogen-bond donors (Lipinski definition) is 2. The number of urea groups is 1. The van der Waals surface area contributed by atoms with Gasteiger partial charge in [0.2, 0.25) is 0 Å². The number of carbonyl (C=O) groups excluding carboxylic acids is 1. The Bertz CT molecular complexity index is 1130. The zero-order chi connectivity index (χ0) is 26.5. The van der Waals surface area contributed by atoms with Gasteiger partial charge in [-0.15, -0.1) is 0 Å². The van der Waals surface area contributed by atoms with Crippen molar-refractivity contribution in [2.24, 2.45) is 5.92 Å². The molecule has 4 heteroatoms. The van der Waals surface area contributed by atoms with Crippen molar-refractivity contribution in [2.45, 2.75) is 80.1 Å². The maximum atomic E-state index is 11.6. The van der Waals surface area contributed by atoms with Gasteiger partial charge in [-0.05, 0) is 104 Å². The fourth-order valence-corrected chi connectivity index (χ4v) is 4.08. The number of hydrogen-bond acceptors (Lipinski definition) is 2. The maximum Gasteiger partial charge on any atom is 0.319 e. The normalized spacial score (nSPS) is 10.6. The van der Waals surface area contributed by atoms with E-state index in [1.54, 1.807) is 0 Å². The molecule has 0 atom stereocenters. The van der Waals surface area contributed by atoms with Crippen molar-refractivity contribution in [3.63, 3.8) is 0 Å². The predicted octanol–water partition coefficient (Wildman–Crippen LogP) is 8.64. The Balaban J connectivity index is 0.000000255. The lowest BCUT2D eigenvalue weighted by molar-refractivity contribution is 0.251. The monoisotopic (exact) mass is 487 g/mol. The number of fused-ring (bicyclic) bond motifs is 1. The summed E-state index contributed by atoms with van der Waals surface area (Å²) >= 11 is 0. The van der Waals surface area contributed by atoms with Gasteiger partial charge < -0.3 is 10.6 Å². The van der Waals surface area contributed by atoms with Crippen molar-refractivity contribution in [2.75, 3.05) is 11.9 Å². The second-order valence-corrected chi connectivity index (χ2v) is 9.92. The summed E-state index contributed by atoms with van der Waals surface area (Å²) in [6.07, 6.45) is 10.9. The van der Waals surface area contributed by atoms with Crippen molar-refractivity contribution in [1.29, 1.82) is 0 Å². The number of aryl methyl sites for hydroxylation is 4. The highest BCUT2D eigenvalue weighted by Crippen LogP contribution is 2.24. The lowest BCUT2D eigenvalue weighted by Gasteiger charge is -2.11. The van der Waals surface area contributed by atoms with Crippen LogP contribution in [-0.2, 0) is 12.8 Å². The average molecular weight is 488 g/mol. The molecule has 2 N–H and O–H groups in total. The molecule has 36 heavy (non-hydrogen) atoms. The molecule has 3 aromatic rings. The zero-order valence-corrected chi connectivity index (χ0v) is 23.2. The molecule has 2 amide bonds. The highest BCUT2D eigenvalue weighted by Gasteiger charge is 2.07. The first kappa shape index (κ1) is 29.1. The van der Waals surface area contributed by atoms with E-state index in [1.165, 1.54) is 58.9 Å². The number of benzene rings is 2. The van der Waals surface area contributed by atoms with Crippen LogP contribution in [0.3, 0.4) is 0 Å². The molecule has 0 aliphatic carbocycles. The summed E-state index contributed by atoms with van der Waals surface area (Å²) in [5.74, 6) is 0.608. The fourth-order valence-electron chi connectivity index (χ4n) is 4.08. The highest BCUT2D eigenvalue weighted by molar-refractivity contribution is 5.89. The Morgan fingerprint density at radius 1 is 1.03 bits per heavy atom. The molecule has 3 rings (SSSR count). The number of amides is 2. The Morgan fingerprint density at radius 3 is 2.44 bits per heavy atom. The third kappa shape index (κ3) is 9.14. The summed E-state index contributed by atoms with van der Waals surface area (Å²) in [4.78, 5) is 16.1. The van der Waals surface area contributed by atoms with Crippen molar-refractivity contribution in [1.82, 2.24) is 10.3 Å². The molecule has 0 bridgehead atoms. The SMILES string of the molecule is C=Cc1ccnc2cc(CCCCC)c(CC)cc12.Cc1ccc(NC(=O)NCCC(C)C)cc1C. The van der Waals surface area contributed by atoms with Gasteiger partial charge in [0.1, 0.15) is 0 Å². The molecule has 194 valence electrons. The van der Waals surface area contributed by atoms with Gasteiger partial charge >= 0.3 is 6.03 Å². The number of rotatable bonds is 10. The predicted molar refractivity (Wildman–Crippen MR) is 157 cm³/mol. The van der Waals surface area contributed by atoms with Crippen molar-refractivity contribution in [3.05, 3.63) is 77.0 Å². The second kappa shape index (κ2) is 15.1. The van der Waals surface area contributed by atoms with E-state index in [4.69, 9.17) is 0 Å². The number of pyridine rings is 1. The van der Waals surface area contributed by atoms with Crippen LogP contribution in [0, 0.1) is 19.8 Å². The van der Waals surface area contributed by atoms with E-state index < -0.39 is 0 Å². The summed E-state index contributed by atoms with van der Waals surface area (Å²) in [5, 5.41) is 6.91. The van der Waals surface area contributed by atoms with Gasteiger partial charge in [-0.1, -0.05) is 59.3 Å². The minimum absolute atomic E-state index is 0.131. The van der Waals surface area contributed by atoms with Crippen molar-refractivity contribution >= 4 is 28.7 Å². The molecular formula is C32H45N3O. The maximum absolute atomic E-state index is 11.6. The minimum Gasteiger partial charge on any atom is -0.338 e. The Hall–Kier alpha value is -3.14. The van der Waals surface area contributed by atoms with Crippen LogP contribution < -0.4 is 10.6 Å². The van der Waals surface area contributed by atoms with Crippen LogP contribution in [0.5, 0.6) is 0 Å². The van der Waals surface area contributed by atoms with Gasteiger partial charge in [-0.25, -0.2) is 4.79 Å². The van der Waals surface area contributed by atoms with Crippen LogP contribution in [0.15, 0.2) is 49.2 Å². The molecular weight excluding hydrogens is 442 g/mol. The molecule has 2 aromatic carbocycles. The molecule has 0 saturated carbocycles. The fraction of sp³-hybridized carbons (Fsp3) is 0.438. The molecule has 0 spiro atoms. The van der Waals surface area contributed by atoms with Gasteiger partial charge in [0.25, 0.3) is 0 Å². The number of aromatic nitrogens is 1. The number of unbranched alkanes of at least 4 members (excludes halogenated alkanes) is 2. The Labute approximate surface area is 218 Å². The van der Waals surface area contributed by atoms with Crippen LogP contribution in [0.4, 0.5) is 10.5 Å². The van der Waals surface area contributed by atoms with E-state index in [1.807, 2.05) is 43.5 Å². The topological polar surface area (TPSA) is 54.0 Å². The number of carbonyl (C=O) groups is 1. The Morgan fingerprint density at radius 2 is 1.81 bits per heavy atom. The summed E-state index contributed by atoms with van der Waals surface area (Å²) < 4.78 is 0. The minimum atomic E-state index is -0.131. The highest BCUT2D eigenvalue weighted by atomic mass is 16.2. The zero-order valence-electron chi connectivity index (χ0n) is 23.2. The van der Waals surface area contributed by atoms with Crippen LogP contribution in [0.2, 0.25) is 0 Å². The third-order valence-corrected chi connectivity index (χ3v) is 6.52. The summed E-state index contributed by atoms with van der Waals surface area (Å²) in [6, 6.07) is 12.4. The van der Waals surface area contributed by atoms with E-state index >= 15 is 0 Å². The smallest absolute Gasteiger partial charge is 0.319 e. The molecule has 0 aliphatic heterocycles. The van der Waals surface area contributed by atoms with E-state index in [9.17, 15) is 4.79 Å². The van der Waals surface area contributed by atoms with E-state index in [-0.39, 0.29) is 6.03 Å². The number of nitrogens with one attached hydrogen (secondary N) is 2. The van der Waals surface area contributed by atoms with Gasteiger partial charge in [0.05, 0.1) is 5.52 Å². The number of anilines is 1. The van der Waals surface area contributed by atoms with Crippen LogP contribution >= 0.6 is 0 Å². The summed E-state index contributed by atoms with van der Waals surface area (Å²) in [5.41, 5.74) is 8.47. The van der Waals surface area contributed by atoms with E-state index in [2.05, 4.69) is 68.9 Å². The first-order valence-electron chi connectivity index (χ1n) is 13.4. The van der Waals surface area contributed by atoms with Gasteiger partial charge in [-0.2, -0.15) is 0 Å². The molecule has 0 fully saturated rings. The molecule has 1 aromatic heterocycles. The number of nitrogens with zero attached hydrogens (tertiary/aromatic N) is 1.